The topological polar surface area (TPSA) is 95.3 Å². The van der Waals surface area contributed by atoms with Gasteiger partial charge in [-0.15, -0.1) is 0 Å². The molecule has 3 rings (SSSR count). The van der Waals surface area contributed by atoms with Crippen LogP contribution in [-0.4, -0.2) is 19.2 Å². The third-order valence-corrected chi connectivity index (χ3v) is 4.55. The molecule has 6 nitrogen and oxygen atoms in total. The number of sulfone groups is 1. The molecule has 0 unspecified atom stereocenters. The Kier molecular flexibility index (Phi) is 3.57. The van der Waals surface area contributed by atoms with E-state index in [0.717, 1.165) is 6.26 Å². The molecule has 0 bridgehead atoms. The number of hydrogen-bond donors (Lipinski definition) is 1. The van der Waals surface area contributed by atoms with Crippen molar-refractivity contribution >= 4 is 15.5 Å². The van der Waals surface area contributed by atoms with Crippen molar-refractivity contribution < 1.29 is 12.8 Å². The van der Waals surface area contributed by atoms with Crippen molar-refractivity contribution in [3.8, 4) is 16.9 Å². The van der Waals surface area contributed by atoms with Crippen molar-refractivity contribution in [3.05, 3.63) is 65.3 Å². The fraction of sp³-hybridized carbons (Fsp3) is 0.0625. The van der Waals surface area contributed by atoms with Crippen LogP contribution in [0, 0.1) is 0 Å². The van der Waals surface area contributed by atoms with Gasteiger partial charge in [0.1, 0.15) is 6.26 Å². The first kappa shape index (κ1) is 15.1. The van der Waals surface area contributed by atoms with Gasteiger partial charge in [-0.25, -0.2) is 17.8 Å². The van der Waals surface area contributed by atoms with Crippen molar-refractivity contribution in [2.45, 2.75) is 4.90 Å². The monoisotopic (exact) mass is 330 g/mol. The lowest BCUT2D eigenvalue weighted by Crippen LogP contribution is -2.13. The molecule has 0 aliphatic carbocycles. The van der Waals surface area contributed by atoms with E-state index in [9.17, 15) is 13.2 Å². The van der Waals surface area contributed by atoms with Crippen LogP contribution in [0.25, 0.3) is 16.9 Å². The molecule has 0 fully saturated rings. The molecule has 23 heavy (non-hydrogen) atoms. The Morgan fingerprint density at radius 3 is 2.17 bits per heavy atom. The Hall–Kier alpha value is -2.80. The molecule has 3 aromatic rings. The summed E-state index contributed by atoms with van der Waals surface area (Å²) in [6, 6.07) is 13.0. The highest BCUT2D eigenvalue weighted by molar-refractivity contribution is 7.90. The molecule has 0 aliphatic rings. The van der Waals surface area contributed by atoms with Crippen LogP contribution in [0.4, 0.5) is 5.69 Å². The minimum atomic E-state index is -3.27. The van der Waals surface area contributed by atoms with Gasteiger partial charge in [-0.2, -0.15) is 0 Å². The zero-order chi connectivity index (χ0) is 16.6. The number of nitrogens with zero attached hydrogens (tertiary/aromatic N) is 1. The standard InChI is InChI=1S/C16H14N2O4S/c1-23(20,21)14-8-2-11(3-9-14)15-10-22-16(19)18(15)13-6-4-12(17)5-7-13/h2-10H,17H2,1H3. The summed E-state index contributed by atoms with van der Waals surface area (Å²) < 4.78 is 29.4. The average molecular weight is 330 g/mol. The lowest BCUT2D eigenvalue weighted by atomic mass is 10.1. The van der Waals surface area contributed by atoms with Gasteiger partial charge >= 0.3 is 5.76 Å². The average Bonchev–Trinajstić information content (AvgIpc) is 2.89. The van der Waals surface area contributed by atoms with E-state index in [4.69, 9.17) is 10.2 Å². The first-order chi connectivity index (χ1) is 10.9. The Bertz CT molecular complexity index is 997. The van der Waals surface area contributed by atoms with Gasteiger partial charge in [-0.3, -0.25) is 0 Å². The maximum atomic E-state index is 12.0. The van der Waals surface area contributed by atoms with Crippen LogP contribution in [0.2, 0.25) is 0 Å². The number of hydrogen-bond acceptors (Lipinski definition) is 5. The van der Waals surface area contributed by atoms with E-state index < -0.39 is 15.6 Å². The summed E-state index contributed by atoms with van der Waals surface area (Å²) in [6.07, 6.45) is 2.48. The van der Waals surface area contributed by atoms with Crippen LogP contribution in [0.1, 0.15) is 0 Å². The van der Waals surface area contributed by atoms with Gasteiger partial charge in [0, 0.05) is 17.5 Å². The predicted octanol–water partition coefficient (Wildman–Crippen LogP) is 2.08. The van der Waals surface area contributed by atoms with Gasteiger partial charge in [-0.1, -0.05) is 12.1 Å². The molecule has 0 radical (unpaired) electrons. The summed E-state index contributed by atoms with van der Waals surface area (Å²) in [7, 11) is -3.27. The molecular weight excluding hydrogens is 316 g/mol. The Morgan fingerprint density at radius 2 is 1.61 bits per heavy atom. The summed E-state index contributed by atoms with van der Waals surface area (Å²) >= 11 is 0. The zero-order valence-electron chi connectivity index (χ0n) is 12.3. The SMILES string of the molecule is CS(=O)(=O)c1ccc(-c2coc(=O)n2-c2ccc(N)cc2)cc1. The molecule has 1 heterocycles. The molecule has 0 aliphatic heterocycles. The Labute approximate surface area is 132 Å². The van der Waals surface area contributed by atoms with E-state index >= 15 is 0 Å². The third-order valence-electron chi connectivity index (χ3n) is 3.42. The molecular formula is C16H14N2O4S. The van der Waals surface area contributed by atoms with Crippen LogP contribution >= 0.6 is 0 Å². The summed E-state index contributed by atoms with van der Waals surface area (Å²) in [4.78, 5) is 12.2. The van der Waals surface area contributed by atoms with E-state index in [1.807, 2.05) is 0 Å². The molecule has 0 saturated heterocycles. The highest BCUT2D eigenvalue weighted by atomic mass is 32.2. The minimum Gasteiger partial charge on any atom is -0.415 e. The van der Waals surface area contributed by atoms with Crippen molar-refractivity contribution in [3.63, 3.8) is 0 Å². The number of aromatic nitrogens is 1. The van der Waals surface area contributed by atoms with Gasteiger partial charge in [-0.05, 0) is 36.4 Å². The highest BCUT2D eigenvalue weighted by Crippen LogP contribution is 2.23. The number of benzene rings is 2. The van der Waals surface area contributed by atoms with Crippen molar-refractivity contribution in [2.24, 2.45) is 0 Å². The summed E-state index contributed by atoms with van der Waals surface area (Å²) in [6.45, 7) is 0. The molecule has 2 aromatic carbocycles. The summed E-state index contributed by atoms with van der Waals surface area (Å²) in [5, 5.41) is 0. The van der Waals surface area contributed by atoms with Gasteiger partial charge in [0.2, 0.25) is 0 Å². The van der Waals surface area contributed by atoms with Crippen LogP contribution in [0.3, 0.4) is 0 Å². The fourth-order valence-electron chi connectivity index (χ4n) is 2.25. The fourth-order valence-corrected chi connectivity index (χ4v) is 2.88. The predicted molar refractivity (Wildman–Crippen MR) is 87.3 cm³/mol. The van der Waals surface area contributed by atoms with Gasteiger partial charge in [0.15, 0.2) is 9.84 Å². The van der Waals surface area contributed by atoms with E-state index in [2.05, 4.69) is 0 Å². The molecule has 1 aromatic heterocycles. The highest BCUT2D eigenvalue weighted by Gasteiger charge is 2.14. The van der Waals surface area contributed by atoms with Gasteiger partial charge < -0.3 is 10.2 Å². The van der Waals surface area contributed by atoms with Crippen LogP contribution < -0.4 is 11.5 Å². The van der Waals surface area contributed by atoms with Crippen molar-refractivity contribution in [1.82, 2.24) is 4.57 Å². The van der Waals surface area contributed by atoms with E-state index in [1.54, 1.807) is 36.4 Å². The number of oxazole rings is 1. The smallest absolute Gasteiger partial charge is 0.415 e. The molecule has 0 amide bonds. The lowest BCUT2D eigenvalue weighted by molar-refractivity contribution is 0.504. The quantitative estimate of drug-likeness (QED) is 0.742. The maximum Gasteiger partial charge on any atom is 0.424 e. The van der Waals surface area contributed by atoms with E-state index in [1.165, 1.54) is 23.0 Å². The molecule has 0 saturated carbocycles. The molecule has 0 spiro atoms. The Morgan fingerprint density at radius 1 is 1.00 bits per heavy atom. The van der Waals surface area contributed by atoms with Crippen LogP contribution in [0.5, 0.6) is 0 Å². The van der Waals surface area contributed by atoms with Crippen molar-refractivity contribution in [1.29, 1.82) is 0 Å². The van der Waals surface area contributed by atoms with Gasteiger partial charge in [0.05, 0.1) is 16.3 Å². The second-order valence-corrected chi connectivity index (χ2v) is 7.13. The number of anilines is 1. The third kappa shape index (κ3) is 2.91. The summed E-state index contributed by atoms with van der Waals surface area (Å²) in [5.74, 6) is -0.531. The first-order valence-corrected chi connectivity index (χ1v) is 8.62. The molecule has 2 N–H and O–H groups in total. The number of nitrogen functional groups attached to an aromatic ring is 1. The van der Waals surface area contributed by atoms with Crippen LogP contribution in [0.15, 0.2) is 68.9 Å². The molecule has 118 valence electrons. The minimum absolute atomic E-state index is 0.214. The zero-order valence-corrected chi connectivity index (χ0v) is 13.1. The van der Waals surface area contributed by atoms with Gasteiger partial charge in [0.25, 0.3) is 0 Å². The van der Waals surface area contributed by atoms with E-state index in [0.29, 0.717) is 22.6 Å². The number of rotatable bonds is 3. The molecule has 0 atom stereocenters. The first-order valence-electron chi connectivity index (χ1n) is 6.73. The number of nitrogens with two attached hydrogens (primary N) is 1. The normalized spacial score (nSPS) is 11.5. The Balaban J connectivity index is 2.12. The summed E-state index contributed by atoms with van der Waals surface area (Å²) in [5.41, 5.74) is 8.05. The maximum absolute atomic E-state index is 12.0. The van der Waals surface area contributed by atoms with E-state index in [-0.39, 0.29) is 4.90 Å². The van der Waals surface area contributed by atoms with Crippen LogP contribution in [-0.2, 0) is 9.84 Å². The second kappa shape index (κ2) is 5.44. The second-order valence-electron chi connectivity index (χ2n) is 5.11. The lowest BCUT2D eigenvalue weighted by Gasteiger charge is -2.07. The largest absolute Gasteiger partial charge is 0.424 e. The van der Waals surface area contributed by atoms with Crippen molar-refractivity contribution in [2.75, 3.05) is 12.0 Å². The molecule has 7 heteroatoms.